The van der Waals surface area contributed by atoms with E-state index in [1.807, 2.05) is 0 Å². The number of nitrogens with one attached hydrogen (secondary N) is 1. The maximum atomic E-state index is 13.8. The molecule has 1 aromatic heterocycles. The number of hydrazone groups is 1. The zero-order valence-corrected chi connectivity index (χ0v) is 17.3. The van der Waals surface area contributed by atoms with Gasteiger partial charge in [-0.1, -0.05) is 18.2 Å². The van der Waals surface area contributed by atoms with E-state index in [1.165, 1.54) is 31.5 Å². The van der Waals surface area contributed by atoms with Gasteiger partial charge >= 0.3 is 0 Å². The van der Waals surface area contributed by atoms with E-state index in [9.17, 15) is 14.5 Å². The molecule has 0 bridgehead atoms. The van der Waals surface area contributed by atoms with Gasteiger partial charge < -0.3 is 9.47 Å². The molecular formula is C20H16BrFN4O4. The van der Waals surface area contributed by atoms with Crippen molar-refractivity contribution in [3.05, 3.63) is 86.3 Å². The highest BCUT2D eigenvalue weighted by molar-refractivity contribution is 9.10. The van der Waals surface area contributed by atoms with E-state index in [0.717, 1.165) is 6.20 Å². The van der Waals surface area contributed by atoms with Crippen molar-refractivity contribution in [3.8, 4) is 11.5 Å². The minimum atomic E-state index is -0.528. The molecule has 0 aliphatic carbocycles. The summed E-state index contributed by atoms with van der Waals surface area (Å²) >= 11 is 3.43. The SMILES string of the molecule is COc1cc(/C=N/Nc2ccc([N+](=O)[O-])cn2)cc(Br)c1OCc1ccccc1F. The standard InChI is InChI=1S/C20H16BrFN4O4/c1-29-18-9-13(10-24-25-19-7-6-15(11-23-19)26(27)28)8-16(21)20(18)30-12-14-4-2-3-5-17(14)22/h2-11H,12H2,1H3,(H,23,25)/b24-10+. The lowest BCUT2D eigenvalue weighted by Gasteiger charge is -2.14. The van der Waals surface area contributed by atoms with Crippen LogP contribution < -0.4 is 14.9 Å². The highest BCUT2D eigenvalue weighted by Gasteiger charge is 2.12. The number of nitrogens with zero attached hydrogens (tertiary/aromatic N) is 3. The first-order valence-corrected chi connectivity index (χ1v) is 9.40. The van der Waals surface area contributed by atoms with E-state index < -0.39 is 4.92 Å². The summed E-state index contributed by atoms with van der Waals surface area (Å²) in [5.41, 5.74) is 3.70. The van der Waals surface area contributed by atoms with Gasteiger partial charge in [-0.05, 0) is 45.8 Å². The number of hydrogen-bond donors (Lipinski definition) is 1. The quantitative estimate of drug-likeness (QED) is 0.282. The Bertz CT molecular complexity index is 1080. The number of methoxy groups -OCH3 is 1. The van der Waals surface area contributed by atoms with Gasteiger partial charge in [-0.3, -0.25) is 15.5 Å². The lowest BCUT2D eigenvalue weighted by Crippen LogP contribution is -2.01. The molecule has 0 aliphatic rings. The summed E-state index contributed by atoms with van der Waals surface area (Å²) in [5.74, 6) is 0.883. The smallest absolute Gasteiger partial charge is 0.287 e. The number of rotatable bonds is 8. The molecule has 3 aromatic rings. The number of aromatic nitrogens is 1. The Balaban J connectivity index is 1.70. The number of ether oxygens (including phenoxy) is 2. The van der Waals surface area contributed by atoms with Crippen LogP contribution in [0.15, 0.2) is 64.3 Å². The van der Waals surface area contributed by atoms with E-state index in [1.54, 1.807) is 30.3 Å². The summed E-state index contributed by atoms with van der Waals surface area (Å²) in [6, 6.07) is 12.6. The van der Waals surface area contributed by atoms with Crippen LogP contribution in [0.25, 0.3) is 0 Å². The summed E-state index contributed by atoms with van der Waals surface area (Å²) in [6.45, 7) is 0.0441. The first-order valence-electron chi connectivity index (χ1n) is 8.61. The molecule has 1 heterocycles. The zero-order valence-electron chi connectivity index (χ0n) is 15.7. The van der Waals surface area contributed by atoms with E-state index in [4.69, 9.17) is 9.47 Å². The number of halogens is 2. The molecule has 0 saturated heterocycles. The molecule has 30 heavy (non-hydrogen) atoms. The van der Waals surface area contributed by atoms with Crippen molar-refractivity contribution in [3.63, 3.8) is 0 Å². The predicted molar refractivity (Wildman–Crippen MR) is 114 cm³/mol. The van der Waals surface area contributed by atoms with Crippen molar-refractivity contribution in [2.75, 3.05) is 12.5 Å². The Labute approximate surface area is 179 Å². The third kappa shape index (κ3) is 5.29. The van der Waals surface area contributed by atoms with Gasteiger partial charge in [-0.2, -0.15) is 5.10 Å². The molecular weight excluding hydrogens is 459 g/mol. The lowest BCUT2D eigenvalue weighted by molar-refractivity contribution is -0.385. The second-order valence-electron chi connectivity index (χ2n) is 5.94. The highest BCUT2D eigenvalue weighted by atomic mass is 79.9. The lowest BCUT2D eigenvalue weighted by atomic mass is 10.2. The van der Waals surface area contributed by atoms with Crippen molar-refractivity contribution in [1.29, 1.82) is 0 Å². The van der Waals surface area contributed by atoms with Crippen LogP contribution in [0.3, 0.4) is 0 Å². The molecule has 0 amide bonds. The van der Waals surface area contributed by atoms with Crippen LogP contribution in [0, 0.1) is 15.9 Å². The van der Waals surface area contributed by atoms with Crippen LogP contribution >= 0.6 is 15.9 Å². The Kier molecular flexibility index (Phi) is 6.91. The minimum absolute atomic E-state index is 0.0441. The molecule has 1 N–H and O–H groups in total. The van der Waals surface area contributed by atoms with E-state index in [-0.39, 0.29) is 18.1 Å². The van der Waals surface area contributed by atoms with Gasteiger partial charge in [0.1, 0.15) is 24.4 Å². The largest absolute Gasteiger partial charge is 0.493 e. The molecule has 2 aromatic carbocycles. The van der Waals surface area contributed by atoms with Gasteiger partial charge in [0.25, 0.3) is 5.69 Å². The fourth-order valence-corrected chi connectivity index (χ4v) is 3.03. The van der Waals surface area contributed by atoms with Crippen LogP contribution in [0.5, 0.6) is 11.5 Å². The minimum Gasteiger partial charge on any atom is -0.493 e. The molecule has 0 atom stereocenters. The fourth-order valence-electron chi connectivity index (χ4n) is 2.45. The number of nitro groups is 1. The van der Waals surface area contributed by atoms with Crippen LogP contribution in [0.2, 0.25) is 0 Å². The van der Waals surface area contributed by atoms with Crippen molar-refractivity contribution in [2.24, 2.45) is 5.10 Å². The predicted octanol–water partition coefficient (Wildman–Crippen LogP) is 4.93. The third-order valence-electron chi connectivity index (χ3n) is 3.93. The normalized spacial score (nSPS) is 10.8. The van der Waals surface area contributed by atoms with Gasteiger partial charge in [-0.15, -0.1) is 0 Å². The van der Waals surface area contributed by atoms with Gasteiger partial charge in [0.05, 0.1) is 22.7 Å². The van der Waals surface area contributed by atoms with Crippen molar-refractivity contribution >= 4 is 33.6 Å². The van der Waals surface area contributed by atoms with E-state index in [0.29, 0.717) is 32.9 Å². The van der Waals surface area contributed by atoms with Crippen LogP contribution in [-0.2, 0) is 6.61 Å². The molecule has 0 spiro atoms. The van der Waals surface area contributed by atoms with Crippen LogP contribution in [-0.4, -0.2) is 23.2 Å². The first-order chi connectivity index (χ1) is 14.5. The molecule has 0 saturated carbocycles. The van der Waals surface area contributed by atoms with Crippen LogP contribution in [0.4, 0.5) is 15.9 Å². The summed E-state index contributed by atoms with van der Waals surface area (Å²) in [6.07, 6.45) is 2.66. The maximum absolute atomic E-state index is 13.8. The van der Waals surface area contributed by atoms with Crippen LogP contribution in [0.1, 0.15) is 11.1 Å². The first kappa shape index (κ1) is 21.2. The Morgan fingerprint density at radius 2 is 2.10 bits per heavy atom. The molecule has 0 fully saturated rings. The van der Waals surface area contributed by atoms with Crippen molar-refractivity contribution in [2.45, 2.75) is 6.61 Å². The molecule has 3 rings (SSSR count). The monoisotopic (exact) mass is 474 g/mol. The van der Waals surface area contributed by atoms with Crippen molar-refractivity contribution in [1.82, 2.24) is 4.98 Å². The summed E-state index contributed by atoms with van der Waals surface area (Å²) < 4.78 is 25.5. The number of pyridine rings is 1. The second-order valence-corrected chi connectivity index (χ2v) is 6.80. The molecule has 0 unspecified atom stereocenters. The van der Waals surface area contributed by atoms with Gasteiger partial charge in [0.15, 0.2) is 11.5 Å². The molecule has 0 radical (unpaired) electrons. The molecule has 0 aliphatic heterocycles. The number of benzene rings is 2. The second kappa shape index (κ2) is 9.79. The highest BCUT2D eigenvalue weighted by Crippen LogP contribution is 2.37. The topological polar surface area (TPSA) is 98.9 Å². The average Bonchev–Trinajstić information content (AvgIpc) is 2.74. The zero-order chi connectivity index (χ0) is 21.5. The Morgan fingerprint density at radius 1 is 1.30 bits per heavy atom. The van der Waals surface area contributed by atoms with Crippen molar-refractivity contribution < 1.29 is 18.8 Å². The summed E-state index contributed by atoms with van der Waals surface area (Å²) in [5, 5.41) is 14.7. The number of hydrogen-bond acceptors (Lipinski definition) is 7. The summed E-state index contributed by atoms with van der Waals surface area (Å²) in [4.78, 5) is 14.0. The maximum Gasteiger partial charge on any atom is 0.287 e. The summed E-state index contributed by atoms with van der Waals surface area (Å²) in [7, 11) is 1.50. The van der Waals surface area contributed by atoms with Gasteiger partial charge in [0.2, 0.25) is 0 Å². The average molecular weight is 475 g/mol. The Morgan fingerprint density at radius 3 is 2.77 bits per heavy atom. The van der Waals surface area contributed by atoms with Gasteiger partial charge in [0, 0.05) is 11.6 Å². The number of anilines is 1. The molecule has 154 valence electrons. The fraction of sp³-hybridized carbons (Fsp3) is 0.100. The van der Waals surface area contributed by atoms with E-state index in [2.05, 4.69) is 31.4 Å². The third-order valence-corrected chi connectivity index (χ3v) is 4.52. The molecule has 10 heteroatoms. The molecule has 8 nitrogen and oxygen atoms in total. The van der Waals surface area contributed by atoms with Gasteiger partial charge in [-0.25, -0.2) is 9.37 Å². The van der Waals surface area contributed by atoms with E-state index >= 15 is 0 Å². The Hall–Kier alpha value is -3.53.